The van der Waals surface area contributed by atoms with Crippen LogP contribution in [0.1, 0.15) is 6.42 Å². The van der Waals surface area contributed by atoms with Crippen LogP contribution in [-0.2, 0) is 0 Å². The number of rotatable bonds is 4. The summed E-state index contributed by atoms with van der Waals surface area (Å²) in [5.74, 6) is 0. The molecular weight excluding hydrogens is 204 g/mol. The van der Waals surface area contributed by atoms with Crippen LogP contribution in [0.2, 0.25) is 5.02 Å². The van der Waals surface area contributed by atoms with Gasteiger partial charge >= 0.3 is 0 Å². The molecular formula is C9H11ClN2S. The molecule has 0 aliphatic rings. The highest BCUT2D eigenvalue weighted by molar-refractivity contribution is 7.80. The molecule has 4 heteroatoms. The third-order valence-corrected chi connectivity index (χ3v) is 2.09. The summed E-state index contributed by atoms with van der Waals surface area (Å²) in [7, 11) is 0. The molecule has 13 heavy (non-hydrogen) atoms. The van der Waals surface area contributed by atoms with Crippen molar-refractivity contribution in [1.29, 1.82) is 0 Å². The van der Waals surface area contributed by atoms with Gasteiger partial charge in [0.15, 0.2) is 0 Å². The van der Waals surface area contributed by atoms with E-state index in [1.54, 1.807) is 0 Å². The van der Waals surface area contributed by atoms with E-state index in [0.29, 0.717) is 16.4 Å². The fourth-order valence-corrected chi connectivity index (χ4v) is 1.23. The molecule has 0 heterocycles. The Bertz CT molecular complexity index is 301. The Morgan fingerprint density at radius 2 is 2.15 bits per heavy atom. The first-order valence-electron chi connectivity index (χ1n) is 3.97. The van der Waals surface area contributed by atoms with Crippen molar-refractivity contribution in [1.82, 2.24) is 0 Å². The molecule has 0 aliphatic carbocycles. The number of nitrogens with two attached hydrogens (primary N) is 1. The summed E-state index contributed by atoms with van der Waals surface area (Å²) >= 11 is 10.7. The van der Waals surface area contributed by atoms with Crippen LogP contribution in [-0.4, -0.2) is 11.5 Å². The molecule has 0 bridgehead atoms. The van der Waals surface area contributed by atoms with E-state index in [9.17, 15) is 0 Å². The fourth-order valence-electron chi connectivity index (χ4n) is 0.925. The first kappa shape index (κ1) is 10.3. The summed E-state index contributed by atoms with van der Waals surface area (Å²) in [4.78, 5) is 0.513. The Morgan fingerprint density at radius 3 is 2.77 bits per heavy atom. The average Bonchev–Trinajstić information content (AvgIpc) is 2.08. The van der Waals surface area contributed by atoms with Crippen molar-refractivity contribution >= 4 is 34.5 Å². The molecule has 0 unspecified atom stereocenters. The van der Waals surface area contributed by atoms with Gasteiger partial charge in [-0.05, 0) is 12.1 Å². The lowest BCUT2D eigenvalue weighted by Crippen LogP contribution is -2.13. The molecule has 0 fully saturated rings. The van der Waals surface area contributed by atoms with Crippen molar-refractivity contribution in [2.45, 2.75) is 6.42 Å². The Hall–Kier alpha value is -0.800. The molecule has 1 aromatic rings. The van der Waals surface area contributed by atoms with Crippen molar-refractivity contribution in [2.75, 3.05) is 11.9 Å². The molecule has 0 aromatic heterocycles. The SMILES string of the molecule is NC(=S)CCNc1ccccc1Cl. The summed E-state index contributed by atoms with van der Waals surface area (Å²) < 4.78 is 0. The number of halogens is 1. The maximum absolute atomic E-state index is 5.91. The molecule has 1 rings (SSSR count). The maximum Gasteiger partial charge on any atom is 0.0745 e. The van der Waals surface area contributed by atoms with Crippen molar-refractivity contribution < 1.29 is 0 Å². The first-order chi connectivity index (χ1) is 6.20. The molecule has 0 radical (unpaired) electrons. The van der Waals surface area contributed by atoms with Gasteiger partial charge in [0.05, 0.1) is 15.7 Å². The van der Waals surface area contributed by atoms with Crippen LogP contribution in [0.3, 0.4) is 0 Å². The van der Waals surface area contributed by atoms with E-state index in [0.717, 1.165) is 12.2 Å². The van der Waals surface area contributed by atoms with Gasteiger partial charge < -0.3 is 11.1 Å². The van der Waals surface area contributed by atoms with Crippen LogP contribution in [0.4, 0.5) is 5.69 Å². The second kappa shape index (κ2) is 5.04. The molecule has 1 aromatic carbocycles. The molecule has 0 spiro atoms. The summed E-state index contributed by atoms with van der Waals surface area (Å²) in [5.41, 5.74) is 6.27. The van der Waals surface area contributed by atoms with Crippen molar-refractivity contribution in [2.24, 2.45) is 5.73 Å². The van der Waals surface area contributed by atoms with Crippen LogP contribution in [0, 0.1) is 0 Å². The molecule has 70 valence electrons. The lowest BCUT2D eigenvalue weighted by molar-refractivity contribution is 1.11. The minimum atomic E-state index is 0.513. The van der Waals surface area contributed by atoms with Crippen LogP contribution in [0.15, 0.2) is 24.3 Å². The average molecular weight is 215 g/mol. The number of benzene rings is 1. The Morgan fingerprint density at radius 1 is 1.46 bits per heavy atom. The van der Waals surface area contributed by atoms with Gasteiger partial charge in [-0.2, -0.15) is 0 Å². The molecule has 3 N–H and O–H groups in total. The van der Waals surface area contributed by atoms with Gasteiger partial charge in [0.2, 0.25) is 0 Å². The number of thiocarbonyl (C=S) groups is 1. The van der Waals surface area contributed by atoms with Crippen LogP contribution in [0.25, 0.3) is 0 Å². The Balaban J connectivity index is 2.45. The van der Waals surface area contributed by atoms with Gasteiger partial charge in [-0.3, -0.25) is 0 Å². The second-order valence-electron chi connectivity index (χ2n) is 2.62. The van der Waals surface area contributed by atoms with E-state index in [1.807, 2.05) is 24.3 Å². The number of hydrogen-bond acceptors (Lipinski definition) is 2. The van der Waals surface area contributed by atoms with Gasteiger partial charge in [0, 0.05) is 13.0 Å². The fraction of sp³-hybridized carbons (Fsp3) is 0.222. The van der Waals surface area contributed by atoms with Crippen molar-refractivity contribution in [3.05, 3.63) is 29.3 Å². The largest absolute Gasteiger partial charge is 0.393 e. The van der Waals surface area contributed by atoms with Crippen LogP contribution >= 0.6 is 23.8 Å². The van der Waals surface area contributed by atoms with Gasteiger partial charge in [-0.25, -0.2) is 0 Å². The van der Waals surface area contributed by atoms with E-state index in [1.165, 1.54) is 0 Å². The van der Waals surface area contributed by atoms with E-state index in [4.69, 9.17) is 29.6 Å². The predicted molar refractivity (Wildman–Crippen MR) is 61.3 cm³/mol. The highest BCUT2D eigenvalue weighted by Gasteiger charge is 1.96. The summed E-state index contributed by atoms with van der Waals surface area (Å²) in [6, 6.07) is 7.57. The first-order valence-corrected chi connectivity index (χ1v) is 4.75. The standard InChI is InChI=1S/C9H11ClN2S/c10-7-3-1-2-4-8(7)12-6-5-9(11)13/h1-4,12H,5-6H2,(H2,11,13). The number of nitrogens with one attached hydrogen (secondary N) is 1. The highest BCUT2D eigenvalue weighted by atomic mass is 35.5. The monoisotopic (exact) mass is 214 g/mol. The van der Waals surface area contributed by atoms with E-state index >= 15 is 0 Å². The lowest BCUT2D eigenvalue weighted by atomic mass is 10.3. The van der Waals surface area contributed by atoms with Crippen LogP contribution in [0.5, 0.6) is 0 Å². The van der Waals surface area contributed by atoms with Gasteiger partial charge in [-0.15, -0.1) is 0 Å². The molecule has 0 saturated heterocycles. The number of hydrogen-bond donors (Lipinski definition) is 2. The number of anilines is 1. The molecule has 0 amide bonds. The van der Waals surface area contributed by atoms with Crippen molar-refractivity contribution in [3.63, 3.8) is 0 Å². The van der Waals surface area contributed by atoms with E-state index < -0.39 is 0 Å². The predicted octanol–water partition coefficient (Wildman–Crippen LogP) is 2.43. The van der Waals surface area contributed by atoms with Gasteiger partial charge in [0.1, 0.15) is 0 Å². The Kier molecular flexibility index (Phi) is 3.99. The smallest absolute Gasteiger partial charge is 0.0745 e. The minimum Gasteiger partial charge on any atom is -0.393 e. The zero-order valence-electron chi connectivity index (χ0n) is 7.09. The lowest BCUT2D eigenvalue weighted by Gasteiger charge is -2.06. The van der Waals surface area contributed by atoms with Crippen molar-refractivity contribution in [3.8, 4) is 0 Å². The summed E-state index contributed by atoms with van der Waals surface area (Å²) in [5, 5.41) is 3.86. The summed E-state index contributed by atoms with van der Waals surface area (Å²) in [6.07, 6.45) is 0.681. The molecule has 0 aliphatic heterocycles. The molecule has 2 nitrogen and oxygen atoms in total. The molecule has 0 atom stereocenters. The highest BCUT2D eigenvalue weighted by Crippen LogP contribution is 2.19. The zero-order chi connectivity index (χ0) is 9.68. The van der Waals surface area contributed by atoms with Gasteiger partial charge in [0.25, 0.3) is 0 Å². The van der Waals surface area contributed by atoms with Crippen LogP contribution < -0.4 is 11.1 Å². The van der Waals surface area contributed by atoms with E-state index in [2.05, 4.69) is 5.32 Å². The zero-order valence-corrected chi connectivity index (χ0v) is 8.66. The molecule has 0 saturated carbocycles. The number of para-hydroxylation sites is 1. The van der Waals surface area contributed by atoms with Gasteiger partial charge in [-0.1, -0.05) is 36.0 Å². The quantitative estimate of drug-likeness (QED) is 0.757. The normalized spacial score (nSPS) is 9.62. The second-order valence-corrected chi connectivity index (χ2v) is 3.55. The minimum absolute atomic E-state index is 0.513. The summed E-state index contributed by atoms with van der Waals surface area (Å²) in [6.45, 7) is 0.721. The maximum atomic E-state index is 5.91. The van der Waals surface area contributed by atoms with E-state index in [-0.39, 0.29) is 0 Å². The third-order valence-electron chi connectivity index (χ3n) is 1.56. The topological polar surface area (TPSA) is 38.0 Å². The third kappa shape index (κ3) is 3.61. The Labute approximate surface area is 88.1 Å².